The third kappa shape index (κ3) is 3.77. The maximum Gasteiger partial charge on any atom is 0.317 e. The lowest BCUT2D eigenvalue weighted by Crippen LogP contribution is -2.47. The molecule has 140 valence electrons. The number of rotatable bonds is 4. The average Bonchev–Trinajstić information content (AvgIpc) is 3.41. The van der Waals surface area contributed by atoms with Crippen LogP contribution in [0.25, 0.3) is 0 Å². The number of nitrogens with one attached hydrogen (secondary N) is 1. The monoisotopic (exact) mass is 374 g/mol. The van der Waals surface area contributed by atoms with E-state index in [1.807, 2.05) is 11.8 Å². The van der Waals surface area contributed by atoms with Crippen LogP contribution in [-0.2, 0) is 0 Å². The number of nitrogens with zero attached hydrogens (tertiary/aromatic N) is 3. The Kier molecular flexibility index (Phi) is 5.24. The molecule has 1 saturated heterocycles. The predicted molar refractivity (Wildman–Crippen MR) is 100 cm³/mol. The Balaban J connectivity index is 1.43. The van der Waals surface area contributed by atoms with Crippen LogP contribution >= 0.6 is 11.3 Å². The number of urea groups is 1. The minimum Gasteiger partial charge on any atom is -0.339 e. The van der Waals surface area contributed by atoms with E-state index in [0.29, 0.717) is 24.2 Å². The summed E-state index contributed by atoms with van der Waals surface area (Å²) in [5.74, 6) is 2.00. The van der Waals surface area contributed by atoms with Crippen molar-refractivity contribution in [1.29, 1.82) is 0 Å². The van der Waals surface area contributed by atoms with E-state index in [4.69, 9.17) is 4.52 Å². The lowest BCUT2D eigenvalue weighted by molar-refractivity contribution is 0.165. The number of carbonyl (C=O) groups is 1. The van der Waals surface area contributed by atoms with Gasteiger partial charge in [-0.3, -0.25) is 0 Å². The van der Waals surface area contributed by atoms with Gasteiger partial charge in [-0.2, -0.15) is 4.98 Å². The second kappa shape index (κ2) is 7.78. The molecule has 1 N–H and O–H groups in total. The topological polar surface area (TPSA) is 71.3 Å². The summed E-state index contributed by atoms with van der Waals surface area (Å²) in [7, 11) is 0. The highest BCUT2D eigenvalue weighted by atomic mass is 32.1. The van der Waals surface area contributed by atoms with Crippen molar-refractivity contribution in [2.45, 2.75) is 57.4 Å². The largest absolute Gasteiger partial charge is 0.339 e. The van der Waals surface area contributed by atoms with E-state index in [0.717, 1.165) is 19.4 Å². The van der Waals surface area contributed by atoms with Crippen LogP contribution in [0.4, 0.5) is 4.79 Å². The van der Waals surface area contributed by atoms with Crippen LogP contribution in [0.3, 0.4) is 0 Å². The van der Waals surface area contributed by atoms with Gasteiger partial charge in [0.05, 0.1) is 12.0 Å². The van der Waals surface area contributed by atoms with Gasteiger partial charge in [-0.1, -0.05) is 24.1 Å². The van der Waals surface area contributed by atoms with Crippen molar-refractivity contribution in [3.63, 3.8) is 0 Å². The molecule has 7 heteroatoms. The van der Waals surface area contributed by atoms with Gasteiger partial charge in [0.2, 0.25) is 5.89 Å². The molecule has 2 fully saturated rings. The molecular weight excluding hydrogens is 348 g/mol. The Morgan fingerprint density at radius 1 is 1.35 bits per heavy atom. The summed E-state index contributed by atoms with van der Waals surface area (Å²) in [4.78, 5) is 20.5. The fourth-order valence-corrected chi connectivity index (χ4v) is 5.12. The van der Waals surface area contributed by atoms with E-state index in [9.17, 15) is 4.79 Å². The molecule has 1 aliphatic carbocycles. The number of aromatic nitrogens is 2. The molecule has 2 aromatic heterocycles. The summed E-state index contributed by atoms with van der Waals surface area (Å²) < 4.78 is 5.34. The van der Waals surface area contributed by atoms with E-state index in [1.54, 1.807) is 11.3 Å². The summed E-state index contributed by atoms with van der Waals surface area (Å²) in [5, 5.41) is 9.33. The summed E-state index contributed by atoms with van der Waals surface area (Å²) >= 11 is 1.74. The Hall–Kier alpha value is -1.89. The van der Waals surface area contributed by atoms with E-state index in [1.165, 1.54) is 30.6 Å². The summed E-state index contributed by atoms with van der Waals surface area (Å²) in [6, 6.07) is 4.39. The second-order valence-electron chi connectivity index (χ2n) is 7.45. The third-order valence-corrected chi connectivity index (χ3v) is 6.56. The Bertz CT molecular complexity index is 724. The van der Waals surface area contributed by atoms with Gasteiger partial charge < -0.3 is 14.7 Å². The zero-order valence-corrected chi connectivity index (χ0v) is 16.0. The molecule has 0 spiro atoms. The number of hydrogen-bond donors (Lipinski definition) is 1. The van der Waals surface area contributed by atoms with Crippen LogP contribution in [-0.4, -0.2) is 34.2 Å². The number of piperidine rings is 1. The lowest BCUT2D eigenvalue weighted by atomic mass is 9.96. The molecule has 0 unspecified atom stereocenters. The van der Waals surface area contributed by atoms with Gasteiger partial charge >= 0.3 is 6.03 Å². The van der Waals surface area contributed by atoms with Gasteiger partial charge in [0, 0.05) is 18.0 Å². The highest BCUT2D eigenvalue weighted by Crippen LogP contribution is 2.37. The fourth-order valence-electron chi connectivity index (χ4n) is 4.25. The highest BCUT2D eigenvalue weighted by molar-refractivity contribution is 7.10. The molecule has 6 nitrogen and oxygen atoms in total. The molecule has 3 heterocycles. The van der Waals surface area contributed by atoms with E-state index in [-0.39, 0.29) is 18.0 Å². The molecule has 0 bridgehead atoms. The number of aryl methyl sites for hydroxylation is 1. The Morgan fingerprint density at radius 3 is 2.88 bits per heavy atom. The van der Waals surface area contributed by atoms with Gasteiger partial charge in [-0.05, 0) is 50.0 Å². The average molecular weight is 375 g/mol. The van der Waals surface area contributed by atoms with Crippen molar-refractivity contribution in [2.24, 2.45) is 5.92 Å². The first-order valence-electron chi connectivity index (χ1n) is 9.60. The molecule has 2 aromatic rings. The van der Waals surface area contributed by atoms with Gasteiger partial charge in [-0.25, -0.2) is 4.79 Å². The minimum absolute atomic E-state index is 0.0382. The Labute approximate surface area is 158 Å². The molecule has 0 radical (unpaired) electrons. The molecule has 2 amide bonds. The third-order valence-electron chi connectivity index (χ3n) is 5.60. The minimum atomic E-state index is 0.0382. The van der Waals surface area contributed by atoms with Crippen molar-refractivity contribution in [3.05, 3.63) is 34.1 Å². The molecule has 1 saturated carbocycles. The Morgan fingerprint density at radius 2 is 2.19 bits per heavy atom. The first kappa shape index (κ1) is 17.5. The van der Waals surface area contributed by atoms with Crippen molar-refractivity contribution >= 4 is 17.4 Å². The lowest BCUT2D eigenvalue weighted by Gasteiger charge is -2.33. The van der Waals surface area contributed by atoms with Gasteiger partial charge in [0.1, 0.15) is 0 Å². The molecule has 4 rings (SSSR count). The second-order valence-corrected chi connectivity index (χ2v) is 8.43. The van der Waals surface area contributed by atoms with Crippen LogP contribution in [0.5, 0.6) is 0 Å². The maximum atomic E-state index is 13.0. The van der Waals surface area contributed by atoms with Crippen molar-refractivity contribution in [2.75, 3.05) is 13.1 Å². The zero-order valence-electron chi connectivity index (χ0n) is 15.2. The van der Waals surface area contributed by atoms with Crippen LogP contribution in [0.2, 0.25) is 0 Å². The molecule has 26 heavy (non-hydrogen) atoms. The number of hydrogen-bond acceptors (Lipinski definition) is 5. The highest BCUT2D eigenvalue weighted by Gasteiger charge is 2.32. The van der Waals surface area contributed by atoms with Crippen molar-refractivity contribution < 1.29 is 9.32 Å². The van der Waals surface area contributed by atoms with E-state index < -0.39 is 0 Å². The van der Waals surface area contributed by atoms with Gasteiger partial charge in [-0.15, -0.1) is 11.3 Å². The first-order valence-corrected chi connectivity index (χ1v) is 10.5. The summed E-state index contributed by atoms with van der Waals surface area (Å²) in [5.41, 5.74) is 0. The van der Waals surface area contributed by atoms with Crippen LogP contribution in [0.1, 0.15) is 67.1 Å². The van der Waals surface area contributed by atoms with Gasteiger partial charge in [0.15, 0.2) is 5.82 Å². The van der Waals surface area contributed by atoms with Crippen LogP contribution < -0.4 is 5.32 Å². The normalized spacial score (nSPS) is 22.5. The molecular formula is C19H26N4O2S. The number of thiophene rings is 1. The quantitative estimate of drug-likeness (QED) is 0.868. The number of carbonyl (C=O) groups excluding carboxylic acids is 1. The van der Waals surface area contributed by atoms with Crippen LogP contribution in [0, 0.1) is 12.8 Å². The predicted octanol–water partition coefficient (Wildman–Crippen LogP) is 4.26. The molecule has 0 aromatic carbocycles. The smallest absolute Gasteiger partial charge is 0.317 e. The molecule has 2 aliphatic rings. The summed E-state index contributed by atoms with van der Waals surface area (Å²) in [6.07, 6.45) is 6.89. The zero-order chi connectivity index (χ0) is 17.9. The van der Waals surface area contributed by atoms with Gasteiger partial charge in [0.25, 0.3) is 0 Å². The molecule has 2 atom stereocenters. The first-order chi connectivity index (χ1) is 12.7. The molecule has 1 aliphatic heterocycles. The van der Waals surface area contributed by atoms with Crippen LogP contribution in [0.15, 0.2) is 22.0 Å². The van der Waals surface area contributed by atoms with E-state index in [2.05, 4.69) is 33.0 Å². The fraction of sp³-hybridized carbons (Fsp3) is 0.632. The summed E-state index contributed by atoms with van der Waals surface area (Å²) in [6.45, 7) is 3.26. The van der Waals surface area contributed by atoms with Crippen molar-refractivity contribution in [3.8, 4) is 0 Å². The SMILES string of the molecule is Cc1noc([C@H]2CCCN(C(=O)N[C@@H](c3cccs3)C3CCCC3)C2)n1. The van der Waals surface area contributed by atoms with E-state index >= 15 is 0 Å². The maximum absolute atomic E-state index is 13.0. The number of likely N-dealkylation sites (tertiary alicyclic amines) is 1. The van der Waals surface area contributed by atoms with Crippen molar-refractivity contribution in [1.82, 2.24) is 20.4 Å². The standard InChI is InChI=1S/C19H26N4O2S/c1-13-20-18(25-22-13)15-8-4-10-23(12-15)19(24)21-17(14-6-2-3-7-14)16-9-5-11-26-16/h5,9,11,14-15,17H,2-4,6-8,10,12H2,1H3,(H,21,24)/t15-,17+/m0/s1. The number of amides is 2.